The van der Waals surface area contributed by atoms with Gasteiger partial charge in [0, 0.05) is 11.6 Å². The molecule has 0 heterocycles. The van der Waals surface area contributed by atoms with E-state index < -0.39 is 0 Å². The van der Waals surface area contributed by atoms with Crippen LogP contribution in [0, 0.1) is 0 Å². The van der Waals surface area contributed by atoms with Crippen LogP contribution in [-0.2, 0) is 9.53 Å². The third-order valence-corrected chi connectivity index (χ3v) is 2.93. The van der Waals surface area contributed by atoms with Gasteiger partial charge in [-0.3, -0.25) is 10.1 Å². The van der Waals surface area contributed by atoms with Crippen LogP contribution in [0.3, 0.4) is 0 Å². The Morgan fingerprint density at radius 2 is 2.00 bits per heavy atom. The molecule has 0 fully saturated rings. The van der Waals surface area contributed by atoms with Crippen molar-refractivity contribution in [1.29, 1.82) is 0 Å². The van der Waals surface area contributed by atoms with Crippen LogP contribution in [-0.4, -0.2) is 26.2 Å². The summed E-state index contributed by atoms with van der Waals surface area (Å²) in [6, 6.07) is 7.54. The highest BCUT2D eigenvalue weighted by Gasteiger charge is 2.20. The van der Waals surface area contributed by atoms with E-state index in [9.17, 15) is 4.79 Å². The van der Waals surface area contributed by atoms with Crippen LogP contribution in [0.15, 0.2) is 24.3 Å². The second-order valence-electron chi connectivity index (χ2n) is 4.11. The lowest BCUT2D eigenvalue weighted by Gasteiger charge is -2.22. The van der Waals surface area contributed by atoms with Gasteiger partial charge in [-0.15, -0.1) is 0 Å². The van der Waals surface area contributed by atoms with Crippen molar-refractivity contribution in [3.63, 3.8) is 0 Å². The molecule has 4 nitrogen and oxygen atoms in total. The number of para-hydroxylation sites is 1. The van der Waals surface area contributed by atoms with Crippen LogP contribution in [0.5, 0.6) is 5.75 Å². The Labute approximate surface area is 108 Å². The second kappa shape index (κ2) is 7.01. The minimum absolute atomic E-state index is 0.0650. The van der Waals surface area contributed by atoms with E-state index >= 15 is 0 Å². The topological polar surface area (TPSA) is 47.6 Å². The van der Waals surface area contributed by atoms with Gasteiger partial charge in [0.2, 0.25) is 0 Å². The lowest BCUT2D eigenvalue weighted by Crippen LogP contribution is -2.37. The highest BCUT2D eigenvalue weighted by Crippen LogP contribution is 2.27. The van der Waals surface area contributed by atoms with E-state index in [1.165, 1.54) is 7.11 Å². The maximum Gasteiger partial charge on any atom is 0.322 e. The molecule has 0 aliphatic carbocycles. The van der Waals surface area contributed by atoms with Crippen LogP contribution in [0.2, 0.25) is 0 Å². The molecule has 0 aromatic heterocycles. The van der Waals surface area contributed by atoms with Crippen LogP contribution < -0.4 is 10.1 Å². The van der Waals surface area contributed by atoms with Gasteiger partial charge in [-0.1, -0.05) is 25.1 Å². The first-order chi connectivity index (χ1) is 8.63. The highest BCUT2D eigenvalue weighted by atomic mass is 16.5. The number of methoxy groups -OCH3 is 2. The molecule has 0 spiro atoms. The number of nitrogens with one attached hydrogen (secondary N) is 1. The van der Waals surface area contributed by atoms with Gasteiger partial charge in [-0.25, -0.2) is 0 Å². The molecule has 100 valence electrons. The SMILES string of the molecule is CCC(N[C@H](C)C(=O)OC)c1ccccc1OC. The molecule has 2 atom stereocenters. The largest absolute Gasteiger partial charge is 0.496 e. The fourth-order valence-electron chi connectivity index (χ4n) is 1.93. The molecule has 0 aliphatic heterocycles. The van der Waals surface area contributed by atoms with Crippen LogP contribution >= 0.6 is 0 Å². The smallest absolute Gasteiger partial charge is 0.322 e. The van der Waals surface area contributed by atoms with Gasteiger partial charge < -0.3 is 9.47 Å². The lowest BCUT2D eigenvalue weighted by atomic mass is 10.0. The van der Waals surface area contributed by atoms with E-state index in [0.717, 1.165) is 17.7 Å². The van der Waals surface area contributed by atoms with E-state index in [0.29, 0.717) is 0 Å². The fourth-order valence-corrected chi connectivity index (χ4v) is 1.93. The zero-order valence-electron chi connectivity index (χ0n) is 11.4. The van der Waals surface area contributed by atoms with Crippen molar-refractivity contribution in [3.05, 3.63) is 29.8 Å². The van der Waals surface area contributed by atoms with E-state index in [-0.39, 0.29) is 18.1 Å². The third kappa shape index (κ3) is 3.47. The monoisotopic (exact) mass is 251 g/mol. The Morgan fingerprint density at radius 3 is 2.56 bits per heavy atom. The van der Waals surface area contributed by atoms with Crippen molar-refractivity contribution in [1.82, 2.24) is 5.32 Å². The molecular weight excluding hydrogens is 230 g/mol. The van der Waals surface area contributed by atoms with E-state index in [1.807, 2.05) is 24.3 Å². The molecule has 4 heteroatoms. The summed E-state index contributed by atoms with van der Waals surface area (Å²) >= 11 is 0. The predicted octanol–water partition coefficient (Wildman–Crippen LogP) is 2.30. The van der Waals surface area contributed by atoms with Crippen molar-refractivity contribution >= 4 is 5.97 Å². The van der Waals surface area contributed by atoms with Crippen molar-refractivity contribution in [2.75, 3.05) is 14.2 Å². The minimum atomic E-state index is -0.343. The lowest BCUT2D eigenvalue weighted by molar-refractivity contribution is -0.142. The Hall–Kier alpha value is -1.55. The standard InChI is InChI=1S/C14H21NO3/c1-5-12(15-10(2)14(16)18-4)11-8-6-7-9-13(11)17-3/h6-10,12,15H,5H2,1-4H3/t10-,12?/m1/s1. The maximum atomic E-state index is 11.4. The van der Waals surface area contributed by atoms with Gasteiger partial charge in [-0.2, -0.15) is 0 Å². The number of carbonyl (C=O) groups is 1. The van der Waals surface area contributed by atoms with Crippen LogP contribution in [0.1, 0.15) is 31.9 Å². The molecule has 1 unspecified atom stereocenters. The number of benzene rings is 1. The number of hydrogen-bond acceptors (Lipinski definition) is 4. The summed E-state index contributed by atoms with van der Waals surface area (Å²) in [5.74, 6) is 0.567. The number of carbonyl (C=O) groups excluding carboxylic acids is 1. The molecule has 0 amide bonds. The second-order valence-corrected chi connectivity index (χ2v) is 4.11. The third-order valence-electron chi connectivity index (χ3n) is 2.93. The molecule has 1 N–H and O–H groups in total. The molecule has 1 aromatic carbocycles. The van der Waals surface area contributed by atoms with E-state index in [4.69, 9.17) is 9.47 Å². The molecule has 0 radical (unpaired) electrons. The molecule has 1 aromatic rings. The summed E-state index contributed by atoms with van der Waals surface area (Å²) in [5, 5.41) is 3.25. The van der Waals surface area contributed by atoms with Crippen molar-refractivity contribution in [2.45, 2.75) is 32.4 Å². The van der Waals surface area contributed by atoms with Crippen LogP contribution in [0.4, 0.5) is 0 Å². The number of rotatable bonds is 6. The minimum Gasteiger partial charge on any atom is -0.496 e. The summed E-state index contributed by atoms with van der Waals surface area (Å²) in [6.45, 7) is 3.86. The zero-order chi connectivity index (χ0) is 13.5. The fraction of sp³-hybridized carbons (Fsp3) is 0.500. The van der Waals surface area contributed by atoms with Gasteiger partial charge in [0.25, 0.3) is 0 Å². The number of hydrogen-bond donors (Lipinski definition) is 1. The molecule has 0 bridgehead atoms. The Morgan fingerprint density at radius 1 is 1.33 bits per heavy atom. The summed E-state index contributed by atoms with van der Waals surface area (Å²) in [4.78, 5) is 11.4. The van der Waals surface area contributed by atoms with Gasteiger partial charge in [0.05, 0.1) is 14.2 Å². The molecule has 0 aliphatic rings. The van der Waals surface area contributed by atoms with Gasteiger partial charge >= 0.3 is 5.97 Å². The van der Waals surface area contributed by atoms with Crippen molar-refractivity contribution in [3.8, 4) is 5.75 Å². The van der Waals surface area contributed by atoms with Gasteiger partial charge in [0.1, 0.15) is 11.8 Å². The number of esters is 1. The zero-order valence-corrected chi connectivity index (χ0v) is 11.4. The van der Waals surface area contributed by atoms with Gasteiger partial charge in [-0.05, 0) is 19.4 Å². The summed E-state index contributed by atoms with van der Waals surface area (Å²) in [5.41, 5.74) is 1.05. The first-order valence-electron chi connectivity index (χ1n) is 6.10. The number of ether oxygens (including phenoxy) is 2. The Kier molecular flexibility index (Phi) is 5.65. The first-order valence-corrected chi connectivity index (χ1v) is 6.10. The summed E-state index contributed by atoms with van der Waals surface area (Å²) < 4.78 is 10.1. The maximum absolute atomic E-state index is 11.4. The first kappa shape index (κ1) is 14.5. The van der Waals surface area contributed by atoms with Crippen LogP contribution in [0.25, 0.3) is 0 Å². The predicted molar refractivity (Wildman–Crippen MR) is 70.6 cm³/mol. The van der Waals surface area contributed by atoms with Gasteiger partial charge in [0.15, 0.2) is 0 Å². The molecule has 18 heavy (non-hydrogen) atoms. The Bertz CT molecular complexity index is 392. The van der Waals surface area contributed by atoms with E-state index in [1.54, 1.807) is 14.0 Å². The molecule has 0 saturated carbocycles. The summed E-state index contributed by atoms with van der Waals surface area (Å²) in [7, 11) is 3.04. The molecular formula is C14H21NO3. The molecule has 1 rings (SSSR count). The molecule has 0 saturated heterocycles. The quantitative estimate of drug-likeness (QED) is 0.788. The highest BCUT2D eigenvalue weighted by molar-refractivity contribution is 5.75. The summed E-state index contributed by atoms with van der Waals surface area (Å²) in [6.07, 6.45) is 0.863. The van der Waals surface area contributed by atoms with E-state index in [2.05, 4.69) is 12.2 Å². The van der Waals surface area contributed by atoms with Crippen molar-refractivity contribution < 1.29 is 14.3 Å². The Balaban J connectivity index is 2.86. The van der Waals surface area contributed by atoms with Crippen molar-refractivity contribution in [2.24, 2.45) is 0 Å². The average Bonchev–Trinajstić information content (AvgIpc) is 2.43. The normalized spacial score (nSPS) is 13.8. The average molecular weight is 251 g/mol.